The Morgan fingerprint density at radius 3 is 2.41 bits per heavy atom. The highest BCUT2D eigenvalue weighted by Crippen LogP contribution is 2.29. The SMILES string of the molecule is Clc1ccc(COc2cc(Br)ccc2Br)cc1. The molecular formula is C13H9Br2ClO. The molecule has 88 valence electrons. The van der Waals surface area contributed by atoms with Gasteiger partial charge in [0, 0.05) is 9.50 Å². The van der Waals surface area contributed by atoms with Gasteiger partial charge in [-0.15, -0.1) is 0 Å². The highest BCUT2D eigenvalue weighted by atomic mass is 79.9. The second-order valence-electron chi connectivity index (χ2n) is 3.49. The minimum absolute atomic E-state index is 0.520. The summed E-state index contributed by atoms with van der Waals surface area (Å²) in [5, 5.41) is 0.734. The minimum atomic E-state index is 0.520. The number of rotatable bonds is 3. The summed E-state index contributed by atoms with van der Waals surface area (Å²) in [7, 11) is 0. The van der Waals surface area contributed by atoms with Crippen molar-refractivity contribution in [3.05, 3.63) is 62.0 Å². The zero-order chi connectivity index (χ0) is 12.3. The second-order valence-corrected chi connectivity index (χ2v) is 5.70. The lowest BCUT2D eigenvalue weighted by Crippen LogP contribution is -1.95. The molecule has 0 spiro atoms. The van der Waals surface area contributed by atoms with Crippen LogP contribution in [0.2, 0.25) is 5.02 Å². The van der Waals surface area contributed by atoms with Crippen LogP contribution in [0, 0.1) is 0 Å². The van der Waals surface area contributed by atoms with Crippen molar-refractivity contribution in [2.45, 2.75) is 6.61 Å². The predicted octanol–water partition coefficient (Wildman–Crippen LogP) is 5.44. The van der Waals surface area contributed by atoms with Gasteiger partial charge < -0.3 is 4.74 Å². The monoisotopic (exact) mass is 374 g/mol. The molecule has 0 radical (unpaired) electrons. The van der Waals surface area contributed by atoms with Gasteiger partial charge in [-0.1, -0.05) is 39.7 Å². The summed E-state index contributed by atoms with van der Waals surface area (Å²) in [6, 6.07) is 13.5. The van der Waals surface area contributed by atoms with Crippen LogP contribution in [0.4, 0.5) is 0 Å². The van der Waals surface area contributed by atoms with E-state index in [2.05, 4.69) is 31.9 Å². The van der Waals surface area contributed by atoms with Crippen LogP contribution in [-0.2, 0) is 6.61 Å². The Morgan fingerprint density at radius 1 is 1.00 bits per heavy atom. The number of halogens is 3. The third kappa shape index (κ3) is 3.73. The number of ether oxygens (including phenoxy) is 1. The van der Waals surface area contributed by atoms with Crippen molar-refractivity contribution in [2.24, 2.45) is 0 Å². The molecule has 0 fully saturated rings. The minimum Gasteiger partial charge on any atom is -0.488 e. The predicted molar refractivity (Wildman–Crippen MR) is 77.6 cm³/mol. The fraction of sp³-hybridized carbons (Fsp3) is 0.0769. The van der Waals surface area contributed by atoms with Crippen LogP contribution in [0.3, 0.4) is 0 Å². The van der Waals surface area contributed by atoms with Gasteiger partial charge in [0.2, 0.25) is 0 Å². The van der Waals surface area contributed by atoms with Crippen molar-refractivity contribution in [1.82, 2.24) is 0 Å². The molecule has 0 aliphatic carbocycles. The van der Waals surface area contributed by atoms with E-state index < -0.39 is 0 Å². The average Bonchev–Trinajstić information content (AvgIpc) is 2.32. The molecule has 2 rings (SSSR count). The molecule has 0 amide bonds. The maximum atomic E-state index is 5.82. The molecule has 0 aromatic heterocycles. The highest BCUT2D eigenvalue weighted by molar-refractivity contribution is 9.11. The first kappa shape index (κ1) is 12.9. The Labute approximate surface area is 122 Å². The first-order valence-corrected chi connectivity index (χ1v) is 6.94. The zero-order valence-electron chi connectivity index (χ0n) is 8.79. The van der Waals surface area contributed by atoms with Crippen LogP contribution in [0.15, 0.2) is 51.4 Å². The van der Waals surface area contributed by atoms with Crippen LogP contribution in [0.25, 0.3) is 0 Å². The van der Waals surface area contributed by atoms with Crippen molar-refractivity contribution < 1.29 is 4.74 Å². The quantitative estimate of drug-likeness (QED) is 0.693. The second kappa shape index (κ2) is 5.89. The normalized spacial score (nSPS) is 10.3. The van der Waals surface area contributed by atoms with Crippen LogP contribution < -0.4 is 4.74 Å². The number of benzene rings is 2. The number of hydrogen-bond donors (Lipinski definition) is 0. The molecule has 0 heterocycles. The highest BCUT2D eigenvalue weighted by Gasteiger charge is 2.02. The van der Waals surface area contributed by atoms with Crippen molar-refractivity contribution in [3.8, 4) is 5.75 Å². The Kier molecular flexibility index (Phi) is 4.48. The summed E-state index contributed by atoms with van der Waals surface area (Å²) >= 11 is 12.7. The fourth-order valence-corrected chi connectivity index (χ4v) is 2.16. The third-order valence-electron chi connectivity index (χ3n) is 2.20. The molecule has 4 heteroatoms. The van der Waals surface area contributed by atoms with Crippen LogP contribution >= 0.6 is 43.5 Å². The van der Waals surface area contributed by atoms with E-state index in [0.29, 0.717) is 6.61 Å². The van der Waals surface area contributed by atoms with Gasteiger partial charge in [-0.05, 0) is 51.8 Å². The third-order valence-corrected chi connectivity index (χ3v) is 3.60. The van der Waals surface area contributed by atoms with Gasteiger partial charge in [-0.25, -0.2) is 0 Å². The van der Waals surface area contributed by atoms with E-state index in [1.165, 1.54) is 0 Å². The van der Waals surface area contributed by atoms with Gasteiger partial charge in [0.1, 0.15) is 12.4 Å². The molecule has 0 aliphatic heterocycles. The lowest BCUT2D eigenvalue weighted by atomic mass is 10.2. The summed E-state index contributed by atoms with van der Waals surface area (Å²) in [6.07, 6.45) is 0. The maximum absolute atomic E-state index is 5.82. The van der Waals surface area contributed by atoms with Gasteiger partial charge >= 0.3 is 0 Å². The van der Waals surface area contributed by atoms with Crippen molar-refractivity contribution >= 4 is 43.5 Å². The lowest BCUT2D eigenvalue weighted by molar-refractivity contribution is 0.304. The summed E-state index contributed by atoms with van der Waals surface area (Å²) in [6.45, 7) is 0.520. The molecule has 0 saturated heterocycles. The molecule has 0 bridgehead atoms. The van der Waals surface area contributed by atoms with Crippen LogP contribution in [0.1, 0.15) is 5.56 Å². The Bertz CT molecular complexity index is 511. The molecule has 2 aromatic rings. The van der Waals surface area contributed by atoms with E-state index in [1.54, 1.807) is 0 Å². The summed E-state index contributed by atoms with van der Waals surface area (Å²) in [4.78, 5) is 0. The van der Waals surface area contributed by atoms with Crippen molar-refractivity contribution in [1.29, 1.82) is 0 Å². The Balaban J connectivity index is 2.07. The first-order valence-electron chi connectivity index (χ1n) is 4.97. The summed E-state index contributed by atoms with van der Waals surface area (Å²) < 4.78 is 7.66. The van der Waals surface area contributed by atoms with E-state index in [1.807, 2.05) is 42.5 Å². The Hall–Kier alpha value is -0.510. The molecule has 0 N–H and O–H groups in total. The summed E-state index contributed by atoms with van der Waals surface area (Å²) in [5.74, 6) is 0.814. The van der Waals surface area contributed by atoms with E-state index >= 15 is 0 Å². The molecule has 0 atom stereocenters. The molecular weight excluding hydrogens is 367 g/mol. The standard InChI is InChI=1S/C13H9Br2ClO/c14-10-3-6-12(15)13(7-10)17-8-9-1-4-11(16)5-2-9/h1-7H,8H2. The lowest BCUT2D eigenvalue weighted by Gasteiger charge is -2.08. The van der Waals surface area contributed by atoms with Crippen LogP contribution in [0.5, 0.6) is 5.75 Å². The zero-order valence-corrected chi connectivity index (χ0v) is 12.7. The number of hydrogen-bond acceptors (Lipinski definition) is 1. The van der Waals surface area contributed by atoms with E-state index in [-0.39, 0.29) is 0 Å². The van der Waals surface area contributed by atoms with E-state index in [4.69, 9.17) is 16.3 Å². The smallest absolute Gasteiger partial charge is 0.135 e. The first-order chi connectivity index (χ1) is 8.15. The molecule has 1 nitrogen and oxygen atoms in total. The largest absolute Gasteiger partial charge is 0.488 e. The summed E-state index contributed by atoms with van der Waals surface area (Å²) in [5.41, 5.74) is 1.08. The van der Waals surface area contributed by atoms with Gasteiger partial charge in [0.25, 0.3) is 0 Å². The molecule has 0 aliphatic rings. The van der Waals surface area contributed by atoms with E-state index in [9.17, 15) is 0 Å². The Morgan fingerprint density at radius 2 is 1.71 bits per heavy atom. The topological polar surface area (TPSA) is 9.23 Å². The molecule has 2 aromatic carbocycles. The molecule has 17 heavy (non-hydrogen) atoms. The van der Waals surface area contributed by atoms with Crippen molar-refractivity contribution in [3.63, 3.8) is 0 Å². The maximum Gasteiger partial charge on any atom is 0.135 e. The van der Waals surface area contributed by atoms with Crippen LogP contribution in [-0.4, -0.2) is 0 Å². The fourth-order valence-electron chi connectivity index (χ4n) is 1.33. The molecule has 0 unspecified atom stereocenters. The van der Waals surface area contributed by atoms with Crippen molar-refractivity contribution in [2.75, 3.05) is 0 Å². The van der Waals surface area contributed by atoms with Gasteiger partial charge in [-0.2, -0.15) is 0 Å². The van der Waals surface area contributed by atoms with Gasteiger partial charge in [0.15, 0.2) is 0 Å². The average molecular weight is 376 g/mol. The van der Waals surface area contributed by atoms with Gasteiger partial charge in [-0.3, -0.25) is 0 Å². The van der Waals surface area contributed by atoms with E-state index in [0.717, 1.165) is 25.3 Å². The molecule has 0 saturated carbocycles. The van der Waals surface area contributed by atoms with Gasteiger partial charge in [0.05, 0.1) is 4.47 Å².